The maximum atomic E-state index is 12.7. The highest BCUT2D eigenvalue weighted by Gasteiger charge is 2.26. The average Bonchev–Trinajstić information content (AvgIpc) is 3.00. The van der Waals surface area contributed by atoms with Crippen LogP contribution in [0, 0.1) is 0 Å². The van der Waals surface area contributed by atoms with E-state index in [4.69, 9.17) is 4.74 Å². The number of phenolic OH excluding ortho intramolecular Hbond substituents is 1. The standard InChI is InChI=1S/C17H16N4O4/c1-21-15-12(7-4-8-13(15)19-20-21)16(23)18-14(17(24)25-2)10-5-3-6-11(22)9-10/h3-9,14,22H,1-2H3,(H,18,23). The Morgan fingerprint density at radius 1 is 1.24 bits per heavy atom. The molecule has 0 aliphatic rings. The highest BCUT2D eigenvalue weighted by Crippen LogP contribution is 2.21. The van der Waals surface area contributed by atoms with Gasteiger partial charge in [0.1, 0.15) is 16.8 Å². The average molecular weight is 340 g/mol. The summed E-state index contributed by atoms with van der Waals surface area (Å²) in [5.41, 5.74) is 1.87. The second-order valence-corrected chi connectivity index (χ2v) is 5.41. The number of esters is 1. The second-order valence-electron chi connectivity index (χ2n) is 5.41. The molecule has 3 rings (SSSR count). The number of nitrogens with zero attached hydrogens (tertiary/aromatic N) is 3. The summed E-state index contributed by atoms with van der Waals surface area (Å²) in [5.74, 6) is -1.14. The van der Waals surface area contributed by atoms with Gasteiger partial charge >= 0.3 is 5.97 Å². The van der Waals surface area contributed by atoms with Crippen LogP contribution >= 0.6 is 0 Å². The summed E-state index contributed by atoms with van der Waals surface area (Å²) in [5, 5.41) is 20.1. The van der Waals surface area contributed by atoms with E-state index in [0.29, 0.717) is 22.2 Å². The molecule has 8 heteroatoms. The minimum Gasteiger partial charge on any atom is -0.508 e. The molecule has 1 atom stereocenters. The first-order valence-corrected chi connectivity index (χ1v) is 7.47. The van der Waals surface area contributed by atoms with Gasteiger partial charge in [-0.1, -0.05) is 23.4 Å². The molecule has 0 aliphatic heterocycles. The first kappa shape index (κ1) is 16.4. The van der Waals surface area contributed by atoms with Gasteiger partial charge in [0.15, 0.2) is 6.04 Å². The maximum absolute atomic E-state index is 12.7. The van der Waals surface area contributed by atoms with Gasteiger partial charge in [0, 0.05) is 7.05 Å². The van der Waals surface area contributed by atoms with Crippen molar-refractivity contribution < 1.29 is 19.4 Å². The minimum atomic E-state index is -1.05. The Balaban J connectivity index is 1.97. The monoisotopic (exact) mass is 340 g/mol. The summed E-state index contributed by atoms with van der Waals surface area (Å²) in [6, 6.07) is 10.1. The van der Waals surface area contributed by atoms with Crippen LogP contribution in [0.15, 0.2) is 42.5 Å². The number of benzene rings is 2. The molecule has 0 fully saturated rings. The fraction of sp³-hybridized carbons (Fsp3) is 0.176. The molecule has 1 amide bonds. The van der Waals surface area contributed by atoms with Gasteiger partial charge in [0.05, 0.1) is 12.7 Å². The van der Waals surface area contributed by atoms with Crippen molar-refractivity contribution in [2.45, 2.75) is 6.04 Å². The number of aromatic nitrogens is 3. The fourth-order valence-corrected chi connectivity index (χ4v) is 2.60. The molecule has 0 saturated heterocycles. The van der Waals surface area contributed by atoms with Gasteiger partial charge in [-0.05, 0) is 29.8 Å². The molecule has 1 heterocycles. The number of phenols is 1. The SMILES string of the molecule is COC(=O)C(NC(=O)c1cccc2nnn(C)c12)c1cccc(O)c1. The fourth-order valence-electron chi connectivity index (χ4n) is 2.60. The molecule has 1 aromatic heterocycles. The Hall–Kier alpha value is -3.42. The lowest BCUT2D eigenvalue weighted by atomic mass is 10.1. The van der Waals surface area contributed by atoms with Crippen molar-refractivity contribution in [2.75, 3.05) is 7.11 Å². The molecule has 0 spiro atoms. The Kier molecular flexibility index (Phi) is 4.34. The smallest absolute Gasteiger partial charge is 0.333 e. The zero-order valence-electron chi connectivity index (χ0n) is 13.6. The first-order chi connectivity index (χ1) is 12.0. The minimum absolute atomic E-state index is 0.0152. The molecular weight excluding hydrogens is 324 g/mol. The molecule has 3 aromatic rings. The predicted octanol–water partition coefficient (Wildman–Crippen LogP) is 1.32. The largest absolute Gasteiger partial charge is 0.508 e. The van der Waals surface area contributed by atoms with Crippen molar-refractivity contribution in [3.05, 3.63) is 53.6 Å². The van der Waals surface area contributed by atoms with E-state index in [1.807, 2.05) is 0 Å². The number of carbonyl (C=O) groups excluding carboxylic acids is 2. The van der Waals surface area contributed by atoms with E-state index < -0.39 is 17.9 Å². The van der Waals surface area contributed by atoms with Crippen LogP contribution in [0.3, 0.4) is 0 Å². The summed E-state index contributed by atoms with van der Waals surface area (Å²) in [6.07, 6.45) is 0. The van der Waals surface area contributed by atoms with Gasteiger partial charge in [-0.25, -0.2) is 9.48 Å². The van der Waals surface area contributed by atoms with E-state index in [0.717, 1.165) is 0 Å². The normalized spacial score (nSPS) is 11.9. The van der Waals surface area contributed by atoms with Crippen LogP contribution in [0.25, 0.3) is 11.0 Å². The molecule has 0 radical (unpaired) electrons. The van der Waals surface area contributed by atoms with E-state index >= 15 is 0 Å². The Morgan fingerprint density at radius 3 is 2.72 bits per heavy atom. The first-order valence-electron chi connectivity index (χ1n) is 7.47. The van der Waals surface area contributed by atoms with Crippen LogP contribution in [-0.2, 0) is 16.6 Å². The number of carbonyl (C=O) groups is 2. The molecule has 0 aliphatic carbocycles. The summed E-state index contributed by atoms with van der Waals surface area (Å²) >= 11 is 0. The van der Waals surface area contributed by atoms with Gasteiger partial charge in [-0.15, -0.1) is 5.10 Å². The summed E-state index contributed by atoms with van der Waals surface area (Å²) in [4.78, 5) is 24.9. The number of aryl methyl sites for hydroxylation is 1. The lowest BCUT2D eigenvalue weighted by molar-refractivity contribution is -0.143. The molecule has 8 nitrogen and oxygen atoms in total. The third-order valence-electron chi connectivity index (χ3n) is 3.79. The van der Waals surface area contributed by atoms with Crippen molar-refractivity contribution in [1.82, 2.24) is 20.3 Å². The van der Waals surface area contributed by atoms with Crippen LogP contribution in [-0.4, -0.2) is 39.1 Å². The van der Waals surface area contributed by atoms with Crippen molar-refractivity contribution in [3.8, 4) is 5.75 Å². The van der Waals surface area contributed by atoms with Crippen LogP contribution in [0.2, 0.25) is 0 Å². The number of hydrogen-bond donors (Lipinski definition) is 2. The number of para-hydroxylation sites is 1. The number of aromatic hydroxyl groups is 1. The number of fused-ring (bicyclic) bond motifs is 1. The van der Waals surface area contributed by atoms with Crippen LogP contribution < -0.4 is 5.32 Å². The number of rotatable bonds is 4. The molecular formula is C17H16N4O4. The zero-order valence-corrected chi connectivity index (χ0v) is 13.6. The lowest BCUT2D eigenvalue weighted by Gasteiger charge is -2.17. The lowest BCUT2D eigenvalue weighted by Crippen LogP contribution is -2.34. The third kappa shape index (κ3) is 3.14. The molecule has 1 unspecified atom stereocenters. The molecule has 0 saturated carbocycles. The van der Waals surface area contributed by atoms with E-state index in [1.165, 1.54) is 23.9 Å². The molecule has 0 bridgehead atoms. The third-order valence-corrected chi connectivity index (χ3v) is 3.79. The molecule has 2 aromatic carbocycles. The van der Waals surface area contributed by atoms with Gasteiger partial charge < -0.3 is 15.2 Å². The van der Waals surface area contributed by atoms with Crippen LogP contribution in [0.4, 0.5) is 0 Å². The van der Waals surface area contributed by atoms with Gasteiger partial charge in [0.2, 0.25) is 0 Å². The van der Waals surface area contributed by atoms with E-state index in [9.17, 15) is 14.7 Å². The van der Waals surface area contributed by atoms with Crippen molar-refractivity contribution in [2.24, 2.45) is 7.05 Å². The van der Waals surface area contributed by atoms with Gasteiger partial charge in [-0.3, -0.25) is 4.79 Å². The number of ether oxygens (including phenoxy) is 1. The van der Waals surface area contributed by atoms with Crippen LogP contribution in [0.1, 0.15) is 22.0 Å². The Morgan fingerprint density at radius 2 is 2.00 bits per heavy atom. The number of hydrogen-bond acceptors (Lipinski definition) is 6. The molecule has 25 heavy (non-hydrogen) atoms. The molecule has 128 valence electrons. The van der Waals surface area contributed by atoms with Crippen molar-refractivity contribution in [1.29, 1.82) is 0 Å². The van der Waals surface area contributed by atoms with E-state index in [2.05, 4.69) is 15.6 Å². The van der Waals surface area contributed by atoms with Gasteiger partial charge in [-0.2, -0.15) is 0 Å². The number of amides is 1. The maximum Gasteiger partial charge on any atom is 0.333 e. The summed E-state index contributed by atoms with van der Waals surface area (Å²) in [6.45, 7) is 0. The Labute approximate surface area is 143 Å². The molecule has 2 N–H and O–H groups in total. The summed E-state index contributed by atoms with van der Waals surface area (Å²) < 4.78 is 6.27. The van der Waals surface area contributed by atoms with Crippen molar-refractivity contribution in [3.63, 3.8) is 0 Å². The summed E-state index contributed by atoms with van der Waals surface area (Å²) in [7, 11) is 2.91. The zero-order chi connectivity index (χ0) is 18.0. The van der Waals surface area contributed by atoms with E-state index in [1.54, 1.807) is 37.4 Å². The van der Waals surface area contributed by atoms with Crippen LogP contribution in [0.5, 0.6) is 5.75 Å². The van der Waals surface area contributed by atoms with E-state index in [-0.39, 0.29) is 5.75 Å². The highest BCUT2D eigenvalue weighted by atomic mass is 16.5. The van der Waals surface area contributed by atoms with Crippen molar-refractivity contribution >= 4 is 22.9 Å². The number of nitrogens with one attached hydrogen (secondary N) is 1. The van der Waals surface area contributed by atoms with Gasteiger partial charge in [0.25, 0.3) is 5.91 Å². The second kappa shape index (κ2) is 6.60. The topological polar surface area (TPSA) is 106 Å². The predicted molar refractivity (Wildman–Crippen MR) is 88.8 cm³/mol. The number of methoxy groups -OCH3 is 1. The highest BCUT2D eigenvalue weighted by molar-refractivity contribution is 6.06. The quantitative estimate of drug-likeness (QED) is 0.694. The Bertz CT molecular complexity index is 951.